The number of imidazole rings is 1. The molecule has 0 bridgehead atoms. The smallest absolute Gasteiger partial charge is 0.262 e. The summed E-state index contributed by atoms with van der Waals surface area (Å²) in [6.45, 7) is 75.6. The molecule has 0 fully saturated rings. The molecule has 1 aromatic carbocycles. The molecule has 1 aromatic heterocycles. The molecule has 14 atom stereocenters. The molecule has 0 radical (unpaired) electrons. The number of nitrogens with zero attached hydrogens (tertiary/aromatic N) is 3. The lowest BCUT2D eigenvalue weighted by Crippen LogP contribution is -2.72. The quantitative estimate of drug-likeness (QED) is 0.0519. The van der Waals surface area contributed by atoms with E-state index < -0.39 is 5.91 Å². The predicted octanol–water partition coefficient (Wildman–Crippen LogP) is 21.5. The molecule has 2 aromatic rings. The van der Waals surface area contributed by atoms with Crippen LogP contribution in [0.2, 0.25) is 0 Å². The average molecular weight is 1110 g/mol. The van der Waals surface area contributed by atoms with Gasteiger partial charge in [0, 0.05) is 30.6 Å². The molecule has 2 rings (SSSR count). The van der Waals surface area contributed by atoms with E-state index in [1.165, 1.54) is 31.8 Å². The third kappa shape index (κ3) is 11.1. The molecule has 2 N–H and O–H groups in total. The van der Waals surface area contributed by atoms with Crippen LogP contribution in [0.4, 0.5) is 0 Å². The fourth-order valence-electron chi connectivity index (χ4n) is 19.9. The first-order chi connectivity index (χ1) is 37.2. The second-order valence-corrected chi connectivity index (χ2v) is 28.0. The average Bonchev–Trinajstić information content (AvgIpc) is 4.05. The first-order valence-corrected chi connectivity index (χ1v) is 33.1. The lowest BCUT2D eigenvalue weighted by atomic mass is 9.27. The fourth-order valence-corrected chi connectivity index (χ4v) is 19.9. The minimum Gasteiger partial charge on any atom is -0.492 e. The van der Waals surface area contributed by atoms with Crippen LogP contribution >= 0.6 is 0 Å². The van der Waals surface area contributed by atoms with Crippen LogP contribution in [0.5, 0.6) is 5.75 Å². The number of likely N-dealkylation sites (N-methyl/N-ethyl adjacent to an activating group) is 1. The van der Waals surface area contributed by atoms with Gasteiger partial charge in [-0.25, -0.2) is 4.98 Å². The highest BCUT2D eigenvalue weighted by Gasteiger charge is 2.75. The summed E-state index contributed by atoms with van der Waals surface area (Å²) in [5, 5.41) is 13.0. The SMILES string of the molecule is CCCC(NC(=O)/C(C#N)=C/c1ncc[nH]1)c1ccc(OCCN(CC)C(C)(CC)C(C)(CC)C(C)(CC)C(C)(CC)C(C)(CC)C(C)(CC)C(C)(CC)C(C)(CC)C(C)(CC)C(C)(CC)C(C)(CC)C(C)(CC)C(C)CC)cc1. The van der Waals surface area contributed by atoms with Gasteiger partial charge in [0.15, 0.2) is 0 Å². The Kier molecular flexibility index (Phi) is 25.7. The van der Waals surface area contributed by atoms with Crippen molar-refractivity contribution in [2.45, 2.75) is 302 Å². The molecule has 7 heteroatoms. The summed E-state index contributed by atoms with van der Waals surface area (Å²) in [4.78, 5) is 23.2. The van der Waals surface area contributed by atoms with Crippen molar-refractivity contribution in [3.63, 3.8) is 0 Å². The maximum atomic E-state index is 13.3. The molecule has 0 spiro atoms. The monoisotopic (exact) mass is 1110 g/mol. The number of carbonyl (C=O) groups is 1. The van der Waals surface area contributed by atoms with Crippen LogP contribution in [0.25, 0.3) is 6.08 Å². The van der Waals surface area contributed by atoms with Crippen LogP contribution in [0, 0.1) is 76.8 Å². The number of carbonyl (C=O) groups excluding carboxylic acids is 1. The number of ether oxygens (including phenoxy) is 1. The Bertz CT molecular complexity index is 2280. The Morgan fingerprint density at radius 1 is 0.600 bits per heavy atom. The number of benzene rings is 1. The molecule has 14 unspecified atom stereocenters. The molecule has 0 saturated carbocycles. The van der Waals surface area contributed by atoms with E-state index in [4.69, 9.17) is 4.74 Å². The largest absolute Gasteiger partial charge is 0.492 e. The van der Waals surface area contributed by atoms with Crippen molar-refractivity contribution in [1.82, 2.24) is 20.2 Å². The zero-order chi connectivity index (χ0) is 61.8. The van der Waals surface area contributed by atoms with Gasteiger partial charge in [-0.2, -0.15) is 5.26 Å². The molecule has 460 valence electrons. The number of hydrogen-bond acceptors (Lipinski definition) is 5. The first-order valence-electron chi connectivity index (χ1n) is 33.1. The lowest BCUT2D eigenvalue weighted by Gasteiger charge is -2.77. The normalized spacial score (nSPS) is 22.5. The van der Waals surface area contributed by atoms with Crippen molar-refractivity contribution >= 4 is 12.0 Å². The van der Waals surface area contributed by atoms with Gasteiger partial charge in [-0.05, 0) is 180 Å². The van der Waals surface area contributed by atoms with Crippen molar-refractivity contribution in [3.05, 3.63) is 53.6 Å². The van der Waals surface area contributed by atoms with E-state index in [0.717, 1.165) is 95.0 Å². The Hall–Kier alpha value is -3.11. The molecule has 0 aliphatic heterocycles. The highest BCUT2D eigenvalue weighted by molar-refractivity contribution is 6.01. The van der Waals surface area contributed by atoms with Gasteiger partial charge in [-0.1, -0.05) is 212 Å². The van der Waals surface area contributed by atoms with Crippen LogP contribution in [0.15, 0.2) is 42.2 Å². The van der Waals surface area contributed by atoms with Gasteiger partial charge in [-0.3, -0.25) is 9.69 Å². The molecule has 0 saturated heterocycles. The lowest BCUT2D eigenvalue weighted by molar-refractivity contribution is -0.289. The summed E-state index contributed by atoms with van der Waals surface area (Å²) in [7, 11) is 0. The van der Waals surface area contributed by atoms with Gasteiger partial charge in [0.1, 0.15) is 29.8 Å². The minimum atomic E-state index is -0.409. The van der Waals surface area contributed by atoms with Crippen LogP contribution in [-0.2, 0) is 4.79 Å². The van der Waals surface area contributed by atoms with Crippen molar-refractivity contribution in [2.75, 3.05) is 19.7 Å². The number of amides is 1. The predicted molar refractivity (Wildman–Crippen MR) is 348 cm³/mol. The fraction of sp³-hybridized carbons (Fsp3) is 0.822. The Morgan fingerprint density at radius 3 is 1.31 bits per heavy atom. The van der Waals surface area contributed by atoms with Crippen molar-refractivity contribution in [2.24, 2.45) is 65.5 Å². The summed E-state index contributed by atoms with van der Waals surface area (Å²) >= 11 is 0. The third-order valence-corrected chi connectivity index (χ3v) is 28.6. The van der Waals surface area contributed by atoms with Gasteiger partial charge in [0.25, 0.3) is 5.91 Å². The van der Waals surface area contributed by atoms with Crippen LogP contribution in [0.1, 0.15) is 308 Å². The van der Waals surface area contributed by atoms with Gasteiger partial charge >= 0.3 is 0 Å². The number of aromatic amines is 1. The standard InChI is InChI=1S/C73H131N5O2/c1-29-44-59(77-61(79)57(54-74)53-60-75-49-50-76-60)56-45-47-58(48-46-56)80-52-51-78(43-15)73(28,42-14)72(27,41-13)71(26,40-12)70(25,39-11)69(24,38-10)68(23,37-9)67(22,36-8)66(21,35-7)65(20,34-6)64(19,33-5)63(18,32-4)62(17,31-3)55(16)30-2/h45-50,53,55,59H,29-44,51-52H2,1-28H3,(H,75,76)(H,77,79)/b57-53+. The molecule has 1 heterocycles. The van der Waals surface area contributed by atoms with Gasteiger partial charge in [-0.15, -0.1) is 0 Å². The second-order valence-electron chi connectivity index (χ2n) is 28.0. The Balaban J connectivity index is 2.87. The Labute approximate surface area is 497 Å². The molecule has 0 aliphatic rings. The number of hydrogen-bond donors (Lipinski definition) is 2. The van der Waals surface area contributed by atoms with Crippen molar-refractivity contribution < 1.29 is 9.53 Å². The molecular weight excluding hydrogens is 979 g/mol. The van der Waals surface area contributed by atoms with E-state index in [1.807, 2.05) is 12.1 Å². The summed E-state index contributed by atoms with van der Waals surface area (Å²) in [6.07, 6.45) is 21.2. The molecule has 80 heavy (non-hydrogen) atoms. The summed E-state index contributed by atoms with van der Waals surface area (Å²) in [5.74, 6) is 1.51. The highest BCUT2D eigenvalue weighted by atomic mass is 16.5. The van der Waals surface area contributed by atoms with Crippen LogP contribution in [0.3, 0.4) is 0 Å². The van der Waals surface area contributed by atoms with E-state index in [-0.39, 0.29) is 76.7 Å². The zero-order valence-electron chi connectivity index (χ0n) is 58.1. The van der Waals surface area contributed by atoms with E-state index in [2.05, 4.69) is 232 Å². The number of nitrogens with one attached hydrogen (secondary N) is 2. The van der Waals surface area contributed by atoms with E-state index in [0.29, 0.717) is 18.3 Å². The topological polar surface area (TPSA) is 94.0 Å². The number of nitriles is 1. The Morgan fingerprint density at radius 2 is 1.00 bits per heavy atom. The van der Waals surface area contributed by atoms with E-state index in [9.17, 15) is 10.1 Å². The van der Waals surface area contributed by atoms with E-state index >= 15 is 0 Å². The number of aromatic nitrogens is 2. The molecular formula is C73H131N5O2. The van der Waals surface area contributed by atoms with Crippen LogP contribution in [-0.4, -0.2) is 46.0 Å². The summed E-state index contributed by atoms with van der Waals surface area (Å²) in [5.41, 5.74) is 0.873. The van der Waals surface area contributed by atoms with Gasteiger partial charge in [0.05, 0.1) is 6.04 Å². The number of rotatable bonds is 37. The summed E-state index contributed by atoms with van der Waals surface area (Å²) < 4.78 is 6.69. The maximum absolute atomic E-state index is 13.3. The zero-order valence-corrected chi connectivity index (χ0v) is 58.1. The maximum Gasteiger partial charge on any atom is 0.262 e. The molecule has 0 aliphatic carbocycles. The van der Waals surface area contributed by atoms with Gasteiger partial charge < -0.3 is 15.0 Å². The highest BCUT2D eigenvalue weighted by Crippen LogP contribution is 2.81. The molecule has 7 nitrogen and oxygen atoms in total. The van der Waals surface area contributed by atoms with Crippen molar-refractivity contribution in [1.29, 1.82) is 5.26 Å². The molecule has 1 amide bonds. The van der Waals surface area contributed by atoms with Crippen molar-refractivity contribution in [3.8, 4) is 11.8 Å². The number of H-pyrrole nitrogens is 1. The first kappa shape index (κ1) is 73.0. The third-order valence-electron chi connectivity index (χ3n) is 28.6. The second kappa shape index (κ2) is 28.2. The minimum absolute atomic E-state index is 0.00754. The summed E-state index contributed by atoms with van der Waals surface area (Å²) in [6, 6.07) is 10.0. The van der Waals surface area contributed by atoms with E-state index in [1.54, 1.807) is 12.4 Å². The van der Waals surface area contributed by atoms with Crippen LogP contribution < -0.4 is 10.1 Å². The van der Waals surface area contributed by atoms with Gasteiger partial charge in [0.2, 0.25) is 0 Å².